The van der Waals surface area contributed by atoms with E-state index >= 15 is 0 Å². The van der Waals surface area contributed by atoms with Crippen LogP contribution in [-0.2, 0) is 11.2 Å². The Kier molecular flexibility index (Phi) is 4.63. The maximum Gasteiger partial charge on any atom is 0.326 e. The molecule has 1 atom stereocenters. The van der Waals surface area contributed by atoms with Crippen LogP contribution in [0.2, 0.25) is 0 Å². The number of aromatic amines is 1. The van der Waals surface area contributed by atoms with E-state index in [1.165, 1.54) is 12.5 Å². The number of aliphatic carboxylic acids is 1. The van der Waals surface area contributed by atoms with Gasteiger partial charge >= 0.3 is 5.97 Å². The topological polar surface area (TPSA) is 121 Å². The highest BCUT2D eigenvalue weighted by atomic mass is 32.1. The molecule has 8 nitrogen and oxygen atoms in total. The molecular formula is C12H15N5O3S. The van der Waals surface area contributed by atoms with E-state index in [2.05, 4.69) is 24.9 Å². The van der Waals surface area contributed by atoms with Gasteiger partial charge in [0, 0.05) is 18.3 Å². The molecule has 0 aliphatic carbocycles. The van der Waals surface area contributed by atoms with Gasteiger partial charge in [-0.2, -0.15) is 0 Å². The molecule has 1 amide bonds. The van der Waals surface area contributed by atoms with Gasteiger partial charge in [-0.3, -0.25) is 4.79 Å². The number of hydrogen-bond donors (Lipinski definition) is 3. The van der Waals surface area contributed by atoms with Crippen molar-refractivity contribution >= 4 is 23.4 Å². The minimum atomic E-state index is -1.11. The summed E-state index contributed by atoms with van der Waals surface area (Å²) < 4.78 is 3.76. The molecular weight excluding hydrogens is 294 g/mol. The highest BCUT2D eigenvalue weighted by Gasteiger charge is 2.25. The van der Waals surface area contributed by atoms with Crippen LogP contribution in [0.4, 0.5) is 0 Å². The zero-order chi connectivity index (χ0) is 15.4. The van der Waals surface area contributed by atoms with Crippen LogP contribution in [0.25, 0.3) is 0 Å². The van der Waals surface area contributed by atoms with E-state index in [4.69, 9.17) is 0 Å². The molecule has 2 aromatic heterocycles. The van der Waals surface area contributed by atoms with Crippen LogP contribution in [0.5, 0.6) is 0 Å². The van der Waals surface area contributed by atoms with E-state index in [9.17, 15) is 14.7 Å². The first-order valence-corrected chi connectivity index (χ1v) is 7.09. The molecule has 0 radical (unpaired) electrons. The van der Waals surface area contributed by atoms with Crippen molar-refractivity contribution in [3.8, 4) is 0 Å². The van der Waals surface area contributed by atoms with Gasteiger partial charge in [0.1, 0.15) is 10.9 Å². The summed E-state index contributed by atoms with van der Waals surface area (Å²) in [6.45, 7) is 3.79. The Hall–Kier alpha value is -2.29. The van der Waals surface area contributed by atoms with E-state index in [0.29, 0.717) is 16.3 Å². The summed E-state index contributed by atoms with van der Waals surface area (Å²) in [6, 6.07) is -1.04. The fourth-order valence-corrected chi connectivity index (χ4v) is 2.50. The van der Waals surface area contributed by atoms with Gasteiger partial charge in [0.2, 0.25) is 0 Å². The number of nitrogens with zero attached hydrogens (tertiary/aromatic N) is 3. The molecule has 0 saturated carbocycles. The fraction of sp³-hybridized carbons (Fsp3) is 0.417. The number of carbonyl (C=O) groups excluding carboxylic acids is 1. The molecule has 0 bridgehead atoms. The van der Waals surface area contributed by atoms with Gasteiger partial charge in [-0.15, -0.1) is 5.10 Å². The minimum Gasteiger partial charge on any atom is -0.480 e. The van der Waals surface area contributed by atoms with Gasteiger partial charge in [0.05, 0.1) is 12.0 Å². The third-order valence-corrected chi connectivity index (χ3v) is 3.59. The van der Waals surface area contributed by atoms with Gasteiger partial charge in [-0.05, 0) is 17.5 Å². The standard InChI is InChI=1S/C12H15N5O3S/c1-6(2)9-10(21-17-16-9)11(18)15-8(12(19)20)3-7-4-13-5-14-7/h4-6,8H,3H2,1-2H3,(H,13,14)(H,15,18)(H,19,20)/t8-/m1/s1. The predicted molar refractivity (Wildman–Crippen MR) is 75.2 cm³/mol. The lowest BCUT2D eigenvalue weighted by Gasteiger charge is -2.13. The van der Waals surface area contributed by atoms with Crippen LogP contribution in [0.3, 0.4) is 0 Å². The van der Waals surface area contributed by atoms with E-state index in [1.54, 1.807) is 0 Å². The molecule has 2 rings (SSSR count). The van der Waals surface area contributed by atoms with Crippen LogP contribution in [-0.4, -0.2) is 42.6 Å². The van der Waals surface area contributed by atoms with Crippen molar-refractivity contribution < 1.29 is 14.7 Å². The van der Waals surface area contributed by atoms with Gasteiger partial charge in [0.25, 0.3) is 5.91 Å². The monoisotopic (exact) mass is 309 g/mol. The Morgan fingerprint density at radius 2 is 2.24 bits per heavy atom. The molecule has 0 saturated heterocycles. The van der Waals surface area contributed by atoms with Crippen LogP contribution in [0, 0.1) is 0 Å². The Labute approximate surface area is 124 Å². The lowest BCUT2D eigenvalue weighted by atomic mass is 10.1. The summed E-state index contributed by atoms with van der Waals surface area (Å²) in [5.74, 6) is -1.54. The molecule has 21 heavy (non-hydrogen) atoms. The number of aromatic nitrogens is 4. The Bertz CT molecular complexity index is 623. The number of carboxylic acids is 1. The molecule has 0 aromatic carbocycles. The van der Waals surface area contributed by atoms with Crippen LogP contribution >= 0.6 is 11.5 Å². The van der Waals surface area contributed by atoms with E-state index in [1.807, 2.05) is 13.8 Å². The lowest BCUT2D eigenvalue weighted by Crippen LogP contribution is -2.42. The average molecular weight is 309 g/mol. The number of amides is 1. The van der Waals surface area contributed by atoms with Crippen molar-refractivity contribution in [2.75, 3.05) is 0 Å². The summed E-state index contributed by atoms with van der Waals surface area (Å²) >= 11 is 0.961. The number of H-pyrrole nitrogens is 1. The fourth-order valence-electron chi connectivity index (χ4n) is 1.77. The molecule has 112 valence electrons. The zero-order valence-electron chi connectivity index (χ0n) is 11.5. The third-order valence-electron chi connectivity index (χ3n) is 2.85. The van der Waals surface area contributed by atoms with Gasteiger partial charge in [-0.25, -0.2) is 9.78 Å². The number of carbonyl (C=O) groups is 2. The normalized spacial score (nSPS) is 12.3. The molecule has 9 heteroatoms. The molecule has 0 spiro atoms. The Balaban J connectivity index is 2.11. The third kappa shape index (κ3) is 3.63. The number of carboxylic acid groups (broad SMARTS) is 1. The summed E-state index contributed by atoms with van der Waals surface area (Å²) in [6.07, 6.45) is 3.11. The van der Waals surface area contributed by atoms with E-state index in [0.717, 1.165) is 11.5 Å². The second-order valence-electron chi connectivity index (χ2n) is 4.79. The number of nitrogens with one attached hydrogen (secondary N) is 2. The van der Waals surface area contributed by atoms with Crippen LogP contribution in [0.1, 0.15) is 40.8 Å². The molecule has 0 aliphatic rings. The summed E-state index contributed by atoms with van der Waals surface area (Å²) in [7, 11) is 0. The van der Waals surface area contributed by atoms with Crippen molar-refractivity contribution in [2.45, 2.75) is 32.2 Å². The average Bonchev–Trinajstić information content (AvgIpc) is 3.08. The van der Waals surface area contributed by atoms with Gasteiger partial charge in [0.15, 0.2) is 0 Å². The minimum absolute atomic E-state index is 0.0420. The maximum absolute atomic E-state index is 12.2. The molecule has 0 fully saturated rings. The first-order chi connectivity index (χ1) is 9.99. The largest absolute Gasteiger partial charge is 0.480 e. The summed E-state index contributed by atoms with van der Waals surface area (Å²) in [5, 5.41) is 15.6. The second-order valence-corrected chi connectivity index (χ2v) is 5.54. The SMILES string of the molecule is CC(C)c1nnsc1C(=O)N[C@H](Cc1cnc[nH]1)C(=O)O. The predicted octanol–water partition coefficient (Wildman–Crippen LogP) is 0.810. The summed E-state index contributed by atoms with van der Waals surface area (Å²) in [5.41, 5.74) is 1.21. The first kappa shape index (κ1) is 15.1. The lowest BCUT2D eigenvalue weighted by molar-refractivity contribution is -0.139. The quantitative estimate of drug-likeness (QED) is 0.726. The number of hydrogen-bond acceptors (Lipinski definition) is 6. The molecule has 2 aromatic rings. The highest BCUT2D eigenvalue weighted by Crippen LogP contribution is 2.19. The van der Waals surface area contributed by atoms with Crippen molar-refractivity contribution in [3.63, 3.8) is 0 Å². The van der Waals surface area contributed by atoms with Gasteiger partial charge in [-0.1, -0.05) is 18.3 Å². The highest BCUT2D eigenvalue weighted by molar-refractivity contribution is 7.08. The summed E-state index contributed by atoms with van der Waals surface area (Å²) in [4.78, 5) is 30.5. The number of rotatable bonds is 6. The molecule has 3 N–H and O–H groups in total. The van der Waals surface area contributed by atoms with Crippen molar-refractivity contribution in [2.24, 2.45) is 0 Å². The van der Waals surface area contributed by atoms with Gasteiger partial charge < -0.3 is 15.4 Å². The first-order valence-electron chi connectivity index (χ1n) is 6.32. The van der Waals surface area contributed by atoms with Crippen molar-refractivity contribution in [1.29, 1.82) is 0 Å². The maximum atomic E-state index is 12.2. The smallest absolute Gasteiger partial charge is 0.326 e. The van der Waals surface area contributed by atoms with Crippen molar-refractivity contribution in [1.82, 2.24) is 24.9 Å². The molecule has 2 heterocycles. The molecule has 0 unspecified atom stereocenters. The van der Waals surface area contributed by atoms with Crippen LogP contribution < -0.4 is 5.32 Å². The van der Waals surface area contributed by atoms with Crippen LogP contribution in [0.15, 0.2) is 12.5 Å². The van der Waals surface area contributed by atoms with E-state index < -0.39 is 17.9 Å². The Morgan fingerprint density at radius 3 is 2.81 bits per heavy atom. The molecule has 0 aliphatic heterocycles. The number of imidazole rings is 1. The second kappa shape index (κ2) is 6.44. The van der Waals surface area contributed by atoms with E-state index in [-0.39, 0.29) is 12.3 Å². The Morgan fingerprint density at radius 1 is 1.48 bits per heavy atom. The zero-order valence-corrected chi connectivity index (χ0v) is 12.3. The van der Waals surface area contributed by atoms with Crippen molar-refractivity contribution in [3.05, 3.63) is 28.8 Å².